The molecule has 1 heterocycles. The van der Waals surface area contributed by atoms with Gasteiger partial charge in [0.25, 0.3) is 0 Å². The smallest absolute Gasteiger partial charge is 0.335 e. The number of likely N-dealkylation sites (N-methyl/N-ethyl adjacent to an activating group) is 1. The molecule has 170 valence electrons. The van der Waals surface area contributed by atoms with Crippen molar-refractivity contribution in [1.29, 1.82) is 0 Å². The van der Waals surface area contributed by atoms with Gasteiger partial charge in [0.15, 0.2) is 5.78 Å². The molecule has 33 heavy (non-hydrogen) atoms. The average Bonchev–Trinajstić information content (AvgIpc) is 3.35. The maximum atomic E-state index is 12.7. The molecule has 0 radical (unpaired) electrons. The summed E-state index contributed by atoms with van der Waals surface area (Å²) in [6.45, 7) is 4.27. The summed E-state index contributed by atoms with van der Waals surface area (Å²) in [4.78, 5) is 26.6. The number of ether oxygens (including phenoxy) is 2. The third kappa shape index (κ3) is 5.90. The molecular formula is C26H25NO5S. The number of allylic oxidation sites excluding steroid dienone is 1. The summed E-state index contributed by atoms with van der Waals surface area (Å²) >= 11 is 1.59. The summed E-state index contributed by atoms with van der Waals surface area (Å²) < 4.78 is 11.6. The molecule has 3 rings (SSSR count). The van der Waals surface area contributed by atoms with Crippen LogP contribution in [-0.2, 0) is 0 Å². The first kappa shape index (κ1) is 23.8. The summed E-state index contributed by atoms with van der Waals surface area (Å²) in [5.74, 6) is -0.0647. The second-order valence-electron chi connectivity index (χ2n) is 7.40. The van der Waals surface area contributed by atoms with Gasteiger partial charge in [0.2, 0.25) is 0 Å². The molecule has 0 bridgehead atoms. The second-order valence-corrected chi connectivity index (χ2v) is 8.34. The molecule has 0 spiro atoms. The van der Waals surface area contributed by atoms with Crippen LogP contribution in [0.3, 0.4) is 0 Å². The van der Waals surface area contributed by atoms with Gasteiger partial charge in [0, 0.05) is 47.4 Å². The zero-order valence-corrected chi connectivity index (χ0v) is 19.5. The molecule has 3 aromatic rings. The quantitative estimate of drug-likeness (QED) is 0.317. The second kappa shape index (κ2) is 10.7. The summed E-state index contributed by atoms with van der Waals surface area (Å²) in [5.41, 5.74) is 2.92. The van der Waals surface area contributed by atoms with Gasteiger partial charge in [-0.05, 0) is 41.8 Å². The monoisotopic (exact) mass is 463 g/mol. The van der Waals surface area contributed by atoms with Crippen molar-refractivity contribution in [1.82, 2.24) is 4.90 Å². The number of ketones is 1. The van der Waals surface area contributed by atoms with E-state index in [1.54, 1.807) is 24.5 Å². The van der Waals surface area contributed by atoms with Crippen molar-refractivity contribution >= 4 is 29.2 Å². The molecule has 0 aliphatic heterocycles. The standard InChI is InChI=1S/C26H25NO5S/c1-17(27(2)3)16-32-23-15-24(31-4)21(25-6-5-13-33-25)14-20(23)11-12-22(28)18-7-9-19(10-8-18)26(29)30/h5-15H,1,16H2,2-4H3,(H,29,30)/b12-11+. The van der Waals surface area contributed by atoms with Crippen molar-refractivity contribution in [2.24, 2.45) is 0 Å². The molecule has 0 saturated carbocycles. The number of rotatable bonds is 10. The number of carboxylic acid groups (broad SMARTS) is 1. The zero-order valence-electron chi connectivity index (χ0n) is 18.7. The molecule has 1 aromatic heterocycles. The van der Waals surface area contributed by atoms with E-state index in [2.05, 4.69) is 6.58 Å². The van der Waals surface area contributed by atoms with Gasteiger partial charge in [-0.25, -0.2) is 4.79 Å². The predicted octanol–water partition coefficient (Wildman–Crippen LogP) is 5.47. The van der Waals surface area contributed by atoms with Gasteiger partial charge < -0.3 is 19.5 Å². The fourth-order valence-electron chi connectivity index (χ4n) is 2.96. The highest BCUT2D eigenvalue weighted by molar-refractivity contribution is 7.13. The Kier molecular flexibility index (Phi) is 7.69. The first-order valence-corrected chi connectivity index (χ1v) is 11.0. The van der Waals surface area contributed by atoms with Crippen LogP contribution in [-0.4, -0.2) is 49.6 Å². The number of carbonyl (C=O) groups is 2. The van der Waals surface area contributed by atoms with Gasteiger partial charge in [-0.3, -0.25) is 4.79 Å². The summed E-state index contributed by atoms with van der Waals surface area (Å²) in [5, 5.41) is 11.0. The maximum absolute atomic E-state index is 12.7. The Morgan fingerprint density at radius 3 is 2.36 bits per heavy atom. The molecule has 2 aromatic carbocycles. The number of carbonyl (C=O) groups excluding carboxylic acids is 1. The molecule has 7 heteroatoms. The van der Waals surface area contributed by atoms with E-state index in [9.17, 15) is 9.59 Å². The van der Waals surface area contributed by atoms with E-state index in [-0.39, 0.29) is 18.0 Å². The van der Waals surface area contributed by atoms with Crippen LogP contribution in [0, 0.1) is 0 Å². The summed E-state index contributed by atoms with van der Waals surface area (Å²) in [6.07, 6.45) is 3.14. The lowest BCUT2D eigenvalue weighted by Crippen LogP contribution is -2.16. The SMILES string of the molecule is C=C(COc1cc(OC)c(-c2cccs2)cc1/C=C/C(=O)c1ccc(C(=O)O)cc1)N(C)C. The molecule has 0 aliphatic carbocycles. The minimum Gasteiger partial charge on any atom is -0.496 e. The lowest BCUT2D eigenvalue weighted by molar-refractivity contribution is 0.0696. The van der Waals surface area contributed by atoms with E-state index in [1.807, 2.05) is 48.6 Å². The van der Waals surface area contributed by atoms with Crippen LogP contribution in [0.25, 0.3) is 16.5 Å². The number of aromatic carboxylic acids is 1. The Morgan fingerprint density at radius 1 is 1.09 bits per heavy atom. The highest BCUT2D eigenvalue weighted by Crippen LogP contribution is 2.39. The number of benzene rings is 2. The van der Waals surface area contributed by atoms with Crippen molar-refractivity contribution in [3.63, 3.8) is 0 Å². The van der Waals surface area contributed by atoms with Crippen molar-refractivity contribution in [2.45, 2.75) is 0 Å². The number of methoxy groups -OCH3 is 1. The predicted molar refractivity (Wildman–Crippen MR) is 131 cm³/mol. The Bertz CT molecular complexity index is 1180. The molecule has 0 amide bonds. The van der Waals surface area contributed by atoms with Crippen molar-refractivity contribution in [2.75, 3.05) is 27.8 Å². The van der Waals surface area contributed by atoms with E-state index in [1.165, 1.54) is 30.3 Å². The zero-order chi connectivity index (χ0) is 24.0. The maximum Gasteiger partial charge on any atom is 0.335 e. The van der Waals surface area contributed by atoms with Crippen LogP contribution in [0.4, 0.5) is 0 Å². The first-order valence-electron chi connectivity index (χ1n) is 10.1. The number of carboxylic acids is 1. The highest BCUT2D eigenvalue weighted by atomic mass is 32.1. The Hall–Kier alpha value is -3.84. The Balaban J connectivity index is 1.95. The van der Waals surface area contributed by atoms with Crippen LogP contribution >= 0.6 is 11.3 Å². The largest absolute Gasteiger partial charge is 0.496 e. The fourth-order valence-corrected chi connectivity index (χ4v) is 3.70. The van der Waals surface area contributed by atoms with E-state index < -0.39 is 5.97 Å². The van der Waals surface area contributed by atoms with Gasteiger partial charge in [-0.1, -0.05) is 24.8 Å². The Labute approximate surface area is 197 Å². The number of hydrogen-bond donors (Lipinski definition) is 1. The third-order valence-corrected chi connectivity index (χ3v) is 5.88. The average molecular weight is 464 g/mol. The van der Waals surface area contributed by atoms with Gasteiger partial charge in [-0.2, -0.15) is 0 Å². The van der Waals surface area contributed by atoms with E-state index in [0.29, 0.717) is 22.6 Å². The van der Waals surface area contributed by atoms with Crippen molar-refractivity contribution in [3.8, 4) is 21.9 Å². The molecule has 0 unspecified atom stereocenters. The van der Waals surface area contributed by atoms with Crippen LogP contribution in [0.2, 0.25) is 0 Å². The molecular weight excluding hydrogens is 438 g/mol. The van der Waals surface area contributed by atoms with Gasteiger partial charge >= 0.3 is 5.97 Å². The van der Waals surface area contributed by atoms with Crippen LogP contribution in [0.1, 0.15) is 26.3 Å². The van der Waals surface area contributed by atoms with Crippen LogP contribution in [0.5, 0.6) is 11.5 Å². The molecule has 0 atom stereocenters. The topological polar surface area (TPSA) is 76.1 Å². The Morgan fingerprint density at radius 2 is 1.79 bits per heavy atom. The number of thiophene rings is 1. The lowest BCUT2D eigenvalue weighted by atomic mass is 10.0. The van der Waals surface area contributed by atoms with E-state index in [0.717, 1.165) is 16.1 Å². The summed E-state index contributed by atoms with van der Waals surface area (Å²) in [7, 11) is 5.39. The van der Waals surface area contributed by atoms with Crippen molar-refractivity contribution < 1.29 is 24.2 Å². The first-order chi connectivity index (χ1) is 15.8. The van der Waals surface area contributed by atoms with Crippen LogP contribution < -0.4 is 9.47 Å². The van der Waals surface area contributed by atoms with Gasteiger partial charge in [0.1, 0.15) is 18.1 Å². The summed E-state index contributed by atoms with van der Waals surface area (Å²) in [6, 6.07) is 13.5. The van der Waals surface area contributed by atoms with Crippen LogP contribution in [0.15, 0.2) is 72.3 Å². The molecule has 1 N–H and O–H groups in total. The minimum absolute atomic E-state index is 0.128. The molecule has 0 aliphatic rings. The minimum atomic E-state index is -1.04. The lowest BCUT2D eigenvalue weighted by Gasteiger charge is -2.18. The van der Waals surface area contributed by atoms with Gasteiger partial charge in [-0.15, -0.1) is 11.3 Å². The van der Waals surface area contributed by atoms with E-state index in [4.69, 9.17) is 14.6 Å². The molecule has 0 saturated heterocycles. The molecule has 6 nitrogen and oxygen atoms in total. The van der Waals surface area contributed by atoms with Gasteiger partial charge in [0.05, 0.1) is 12.7 Å². The third-order valence-electron chi connectivity index (χ3n) is 4.98. The van der Waals surface area contributed by atoms with Crippen molar-refractivity contribution in [3.05, 3.63) is 89.0 Å². The normalized spacial score (nSPS) is 10.8. The number of nitrogens with zero attached hydrogens (tertiary/aromatic N) is 1. The van der Waals surface area contributed by atoms with E-state index >= 15 is 0 Å². The fraction of sp³-hybridized carbons (Fsp3) is 0.154. The molecule has 0 fully saturated rings. The number of hydrogen-bond acceptors (Lipinski definition) is 6. The highest BCUT2D eigenvalue weighted by Gasteiger charge is 2.14.